The summed E-state index contributed by atoms with van der Waals surface area (Å²) in [4.78, 5) is 14.1. The lowest BCUT2D eigenvalue weighted by atomic mass is 9.85. The molecule has 1 fully saturated rings. The first-order chi connectivity index (χ1) is 8.74. The summed E-state index contributed by atoms with van der Waals surface area (Å²) in [7, 11) is 2.12. The van der Waals surface area contributed by atoms with Gasteiger partial charge in [-0.25, -0.2) is 0 Å². The van der Waals surface area contributed by atoms with Gasteiger partial charge in [-0.3, -0.25) is 4.79 Å². The smallest absolute Gasteiger partial charge is 0.238 e. The maximum Gasteiger partial charge on any atom is 0.238 e. The Morgan fingerprint density at radius 2 is 2.11 bits per heavy atom. The number of hydrogen-bond donors (Lipinski definition) is 2. The summed E-state index contributed by atoms with van der Waals surface area (Å²) in [6.07, 6.45) is 5.09. The number of amides is 1. The second-order valence-corrected chi connectivity index (χ2v) is 6.84. The lowest BCUT2D eigenvalue weighted by molar-refractivity contribution is -0.125. The zero-order valence-electron chi connectivity index (χ0n) is 13.2. The molecule has 0 aromatic heterocycles. The maximum absolute atomic E-state index is 11.8. The van der Waals surface area contributed by atoms with Crippen molar-refractivity contribution in [1.82, 2.24) is 10.2 Å². The van der Waals surface area contributed by atoms with Crippen LogP contribution in [0.4, 0.5) is 0 Å². The van der Waals surface area contributed by atoms with Crippen molar-refractivity contribution < 1.29 is 4.79 Å². The highest BCUT2D eigenvalue weighted by molar-refractivity contribution is 5.84. The molecule has 4 nitrogen and oxygen atoms in total. The van der Waals surface area contributed by atoms with Gasteiger partial charge in [0.2, 0.25) is 5.91 Å². The predicted molar refractivity (Wildman–Crippen MR) is 79.9 cm³/mol. The Hall–Kier alpha value is -0.610. The monoisotopic (exact) mass is 269 g/mol. The normalized spacial score (nSPS) is 27.5. The van der Waals surface area contributed by atoms with Crippen LogP contribution < -0.4 is 11.1 Å². The molecular formula is C15H31N3O. The summed E-state index contributed by atoms with van der Waals surface area (Å²) in [6.45, 7) is 9.00. The lowest BCUT2D eigenvalue weighted by Crippen LogP contribution is -2.62. The van der Waals surface area contributed by atoms with E-state index in [2.05, 4.69) is 24.2 Å². The number of carbonyl (C=O) groups is 1. The molecule has 0 bridgehead atoms. The highest BCUT2D eigenvalue weighted by atomic mass is 16.1. The topological polar surface area (TPSA) is 58.4 Å². The minimum absolute atomic E-state index is 0.246. The molecule has 0 aromatic carbocycles. The average molecular weight is 269 g/mol. The largest absolute Gasteiger partial charge is 0.368 e. The number of nitrogens with zero attached hydrogens (tertiary/aromatic N) is 1. The van der Waals surface area contributed by atoms with Crippen molar-refractivity contribution in [2.75, 3.05) is 13.6 Å². The third kappa shape index (κ3) is 4.77. The van der Waals surface area contributed by atoms with E-state index in [1.54, 1.807) is 0 Å². The van der Waals surface area contributed by atoms with Gasteiger partial charge in [0.15, 0.2) is 0 Å². The van der Waals surface area contributed by atoms with E-state index >= 15 is 0 Å². The zero-order chi connectivity index (χ0) is 14.6. The van der Waals surface area contributed by atoms with Crippen molar-refractivity contribution in [2.45, 2.75) is 71.0 Å². The van der Waals surface area contributed by atoms with E-state index in [4.69, 9.17) is 5.73 Å². The van der Waals surface area contributed by atoms with Gasteiger partial charge in [-0.2, -0.15) is 0 Å². The average Bonchev–Trinajstić information content (AvgIpc) is 2.27. The van der Waals surface area contributed by atoms with Crippen molar-refractivity contribution in [3.8, 4) is 0 Å². The van der Waals surface area contributed by atoms with Crippen LogP contribution in [0.1, 0.15) is 53.4 Å². The Morgan fingerprint density at radius 1 is 1.47 bits per heavy atom. The predicted octanol–water partition coefficient (Wildman–Crippen LogP) is 1.74. The van der Waals surface area contributed by atoms with Crippen LogP contribution in [0.25, 0.3) is 0 Å². The molecule has 4 heteroatoms. The van der Waals surface area contributed by atoms with Crippen molar-refractivity contribution in [1.29, 1.82) is 0 Å². The van der Waals surface area contributed by atoms with Gasteiger partial charge < -0.3 is 16.0 Å². The van der Waals surface area contributed by atoms with Gasteiger partial charge in [0.25, 0.3) is 0 Å². The summed E-state index contributed by atoms with van der Waals surface area (Å²) in [5.41, 5.74) is 4.95. The molecule has 1 amide bonds. The summed E-state index contributed by atoms with van der Waals surface area (Å²) in [6, 6.07) is 0.826. The Bertz CT molecular complexity index is 306. The van der Waals surface area contributed by atoms with E-state index in [0.29, 0.717) is 12.6 Å². The van der Waals surface area contributed by atoms with Crippen molar-refractivity contribution in [3.05, 3.63) is 0 Å². The first-order valence-electron chi connectivity index (χ1n) is 7.52. The molecule has 112 valence electrons. The minimum Gasteiger partial charge on any atom is -0.368 e. The highest BCUT2D eigenvalue weighted by Crippen LogP contribution is 2.27. The van der Waals surface area contributed by atoms with Crippen LogP contribution in [0.2, 0.25) is 0 Å². The van der Waals surface area contributed by atoms with Crippen molar-refractivity contribution >= 4 is 5.91 Å². The number of hydrogen-bond acceptors (Lipinski definition) is 3. The second-order valence-electron chi connectivity index (χ2n) is 6.84. The van der Waals surface area contributed by atoms with Gasteiger partial charge in [0.05, 0.1) is 0 Å². The quantitative estimate of drug-likeness (QED) is 0.772. The number of rotatable bonds is 6. The van der Waals surface area contributed by atoms with Crippen LogP contribution in [0.15, 0.2) is 0 Å². The molecule has 19 heavy (non-hydrogen) atoms. The fourth-order valence-corrected chi connectivity index (χ4v) is 3.26. The van der Waals surface area contributed by atoms with E-state index in [9.17, 15) is 4.79 Å². The first-order valence-corrected chi connectivity index (χ1v) is 7.52. The Kier molecular flexibility index (Phi) is 5.81. The molecule has 3 atom stereocenters. The fraction of sp³-hybridized carbons (Fsp3) is 0.933. The van der Waals surface area contributed by atoms with Crippen LogP contribution in [-0.4, -0.2) is 42.0 Å². The molecule has 0 saturated heterocycles. The number of nitrogens with one attached hydrogen (secondary N) is 1. The third-order valence-corrected chi connectivity index (χ3v) is 4.25. The molecule has 3 unspecified atom stereocenters. The molecule has 0 heterocycles. The standard InChI is InChI=1S/C15H31N3O/c1-11(2)17-15(4,14(16)19)10-18(5)13-8-6-7-12(3)9-13/h11-13,17H,6-10H2,1-5H3,(H2,16,19). The van der Waals surface area contributed by atoms with Gasteiger partial charge >= 0.3 is 0 Å². The SMILES string of the molecule is CC1CCCC(N(C)CC(C)(NC(C)C)C(N)=O)C1. The molecule has 0 aromatic rings. The summed E-state index contributed by atoms with van der Waals surface area (Å²) >= 11 is 0. The molecule has 0 aliphatic heterocycles. The van der Waals surface area contributed by atoms with E-state index in [-0.39, 0.29) is 11.9 Å². The summed E-state index contributed by atoms with van der Waals surface area (Å²) in [5, 5.41) is 3.32. The van der Waals surface area contributed by atoms with Crippen LogP contribution in [0, 0.1) is 5.92 Å². The van der Waals surface area contributed by atoms with Crippen LogP contribution in [0.3, 0.4) is 0 Å². The molecule has 0 spiro atoms. The summed E-state index contributed by atoms with van der Waals surface area (Å²) < 4.78 is 0. The van der Waals surface area contributed by atoms with Crippen LogP contribution in [0.5, 0.6) is 0 Å². The molecule has 0 radical (unpaired) electrons. The van der Waals surface area contributed by atoms with Crippen molar-refractivity contribution in [2.24, 2.45) is 11.7 Å². The molecule has 3 N–H and O–H groups in total. The Morgan fingerprint density at radius 3 is 2.58 bits per heavy atom. The molecule has 1 aliphatic carbocycles. The van der Waals surface area contributed by atoms with E-state index in [1.807, 2.05) is 20.8 Å². The van der Waals surface area contributed by atoms with Crippen LogP contribution >= 0.6 is 0 Å². The maximum atomic E-state index is 11.8. The van der Waals surface area contributed by atoms with Gasteiger partial charge in [0.1, 0.15) is 5.54 Å². The van der Waals surface area contributed by atoms with Gasteiger partial charge in [-0.1, -0.05) is 19.8 Å². The van der Waals surface area contributed by atoms with Gasteiger partial charge in [0, 0.05) is 18.6 Å². The lowest BCUT2D eigenvalue weighted by Gasteiger charge is -2.40. The van der Waals surface area contributed by atoms with Crippen LogP contribution in [-0.2, 0) is 4.79 Å². The molecule has 1 aliphatic rings. The second kappa shape index (κ2) is 6.71. The molecular weight excluding hydrogens is 238 g/mol. The number of carbonyl (C=O) groups excluding carboxylic acids is 1. The van der Waals surface area contributed by atoms with Gasteiger partial charge in [-0.15, -0.1) is 0 Å². The Labute approximate surface area is 118 Å². The van der Waals surface area contributed by atoms with Crippen molar-refractivity contribution in [3.63, 3.8) is 0 Å². The van der Waals surface area contributed by atoms with E-state index < -0.39 is 5.54 Å². The molecule has 1 saturated carbocycles. The van der Waals surface area contributed by atoms with Gasteiger partial charge in [-0.05, 0) is 46.6 Å². The summed E-state index contributed by atoms with van der Waals surface area (Å²) in [5.74, 6) is 0.524. The number of likely N-dealkylation sites (N-methyl/N-ethyl adjacent to an activating group) is 1. The third-order valence-electron chi connectivity index (χ3n) is 4.25. The van der Waals surface area contributed by atoms with E-state index in [1.165, 1.54) is 25.7 Å². The highest BCUT2D eigenvalue weighted by Gasteiger charge is 2.35. The number of nitrogens with two attached hydrogens (primary N) is 1. The first kappa shape index (κ1) is 16.4. The minimum atomic E-state index is -0.649. The molecule has 1 rings (SSSR count). The zero-order valence-corrected chi connectivity index (χ0v) is 13.2. The fourth-order valence-electron chi connectivity index (χ4n) is 3.26. The Balaban J connectivity index is 2.65. The van der Waals surface area contributed by atoms with E-state index in [0.717, 1.165) is 5.92 Å². The number of primary amides is 1.